The van der Waals surface area contributed by atoms with Crippen LogP contribution in [-0.2, 0) is 9.53 Å². The average molecular weight is 346 g/mol. The van der Waals surface area contributed by atoms with E-state index in [1.807, 2.05) is 13.0 Å². The van der Waals surface area contributed by atoms with Crippen molar-refractivity contribution < 1.29 is 14.3 Å². The van der Waals surface area contributed by atoms with Gasteiger partial charge in [0.05, 0.1) is 12.0 Å². The monoisotopic (exact) mass is 346 g/mol. The summed E-state index contributed by atoms with van der Waals surface area (Å²) in [4.78, 5) is 30.7. The third-order valence-corrected chi connectivity index (χ3v) is 4.75. The lowest BCUT2D eigenvalue weighted by Crippen LogP contribution is -2.49. The molecule has 2 fully saturated rings. The van der Waals surface area contributed by atoms with Gasteiger partial charge < -0.3 is 20.3 Å². The Hall–Kier alpha value is -2.15. The molecular weight excluding hydrogens is 320 g/mol. The first kappa shape index (κ1) is 17.7. The van der Waals surface area contributed by atoms with Crippen molar-refractivity contribution in [3.8, 4) is 0 Å². The number of carbonyl (C=O) groups is 2. The molecule has 2 aliphatic rings. The van der Waals surface area contributed by atoms with Crippen LogP contribution < -0.4 is 10.6 Å². The number of likely N-dealkylation sites (tertiary alicyclic amines) is 1. The summed E-state index contributed by atoms with van der Waals surface area (Å²) in [5.41, 5.74) is 1.05. The molecule has 7 heteroatoms. The van der Waals surface area contributed by atoms with E-state index in [4.69, 9.17) is 4.74 Å². The summed E-state index contributed by atoms with van der Waals surface area (Å²) in [7, 11) is 0. The van der Waals surface area contributed by atoms with Crippen LogP contribution in [0.15, 0.2) is 18.3 Å². The summed E-state index contributed by atoms with van der Waals surface area (Å²) in [5, 5.41) is 5.77. The summed E-state index contributed by atoms with van der Waals surface area (Å²) < 4.78 is 5.52. The predicted molar refractivity (Wildman–Crippen MR) is 94.3 cm³/mol. The number of aromatic nitrogens is 1. The van der Waals surface area contributed by atoms with E-state index in [0.717, 1.165) is 37.9 Å². The molecule has 2 saturated heterocycles. The Balaban J connectivity index is 1.48. The summed E-state index contributed by atoms with van der Waals surface area (Å²) in [6, 6.07) is 3.60. The van der Waals surface area contributed by atoms with Gasteiger partial charge in [-0.05, 0) is 44.2 Å². The lowest BCUT2D eigenvalue weighted by molar-refractivity contribution is -0.121. The molecule has 3 rings (SSSR count). The van der Waals surface area contributed by atoms with Gasteiger partial charge in [-0.2, -0.15) is 0 Å². The number of hydrogen-bond donors (Lipinski definition) is 2. The highest BCUT2D eigenvalue weighted by Crippen LogP contribution is 2.19. The second kappa shape index (κ2) is 8.29. The fraction of sp³-hybridized carbons (Fsp3) is 0.611. The van der Waals surface area contributed by atoms with Crippen molar-refractivity contribution in [2.45, 2.75) is 38.7 Å². The van der Waals surface area contributed by atoms with Crippen LogP contribution in [0, 0.1) is 12.8 Å². The van der Waals surface area contributed by atoms with Gasteiger partial charge in [0.15, 0.2) is 0 Å². The van der Waals surface area contributed by atoms with Crippen LogP contribution in [-0.4, -0.2) is 54.2 Å². The molecule has 3 heterocycles. The maximum absolute atomic E-state index is 12.5. The fourth-order valence-electron chi connectivity index (χ4n) is 3.26. The Bertz CT molecular complexity index is 599. The highest BCUT2D eigenvalue weighted by molar-refractivity contribution is 5.92. The number of nitrogens with one attached hydrogen (secondary N) is 2. The molecule has 136 valence electrons. The van der Waals surface area contributed by atoms with Crippen LogP contribution >= 0.6 is 0 Å². The van der Waals surface area contributed by atoms with Crippen LogP contribution in [0.5, 0.6) is 0 Å². The zero-order valence-electron chi connectivity index (χ0n) is 14.7. The molecule has 0 spiro atoms. The van der Waals surface area contributed by atoms with Crippen molar-refractivity contribution in [1.82, 2.24) is 15.2 Å². The molecule has 7 nitrogen and oxygen atoms in total. The number of pyridine rings is 1. The number of aryl methyl sites for hydroxylation is 1. The van der Waals surface area contributed by atoms with Gasteiger partial charge in [-0.15, -0.1) is 0 Å². The number of amides is 3. The molecule has 2 N–H and O–H groups in total. The zero-order chi connectivity index (χ0) is 17.6. The first-order chi connectivity index (χ1) is 12.1. The Morgan fingerprint density at radius 2 is 2.20 bits per heavy atom. The Morgan fingerprint density at radius 3 is 2.92 bits per heavy atom. The van der Waals surface area contributed by atoms with Gasteiger partial charge in [0.25, 0.3) is 0 Å². The van der Waals surface area contributed by atoms with E-state index >= 15 is 0 Å². The molecule has 0 aliphatic carbocycles. The highest BCUT2D eigenvalue weighted by atomic mass is 16.5. The maximum atomic E-state index is 12.5. The molecule has 0 radical (unpaired) electrons. The van der Waals surface area contributed by atoms with E-state index in [1.165, 1.54) is 0 Å². The lowest BCUT2D eigenvalue weighted by atomic mass is 9.97. The quantitative estimate of drug-likeness (QED) is 0.872. The van der Waals surface area contributed by atoms with Crippen LogP contribution in [0.1, 0.15) is 31.2 Å². The number of urea groups is 1. The van der Waals surface area contributed by atoms with Gasteiger partial charge in [-0.3, -0.25) is 4.79 Å². The van der Waals surface area contributed by atoms with E-state index in [2.05, 4.69) is 15.6 Å². The number of carbonyl (C=O) groups excluding carboxylic acids is 2. The topological polar surface area (TPSA) is 83.6 Å². The zero-order valence-corrected chi connectivity index (χ0v) is 14.7. The minimum atomic E-state index is -0.203. The van der Waals surface area contributed by atoms with E-state index in [-0.39, 0.29) is 24.0 Å². The van der Waals surface area contributed by atoms with E-state index in [0.29, 0.717) is 25.5 Å². The van der Waals surface area contributed by atoms with E-state index < -0.39 is 0 Å². The first-order valence-corrected chi connectivity index (χ1v) is 9.00. The van der Waals surface area contributed by atoms with Gasteiger partial charge >= 0.3 is 6.03 Å². The summed E-state index contributed by atoms with van der Waals surface area (Å²) in [6.07, 6.45) is 5.51. The number of piperidine rings is 1. The van der Waals surface area contributed by atoms with Crippen LogP contribution in [0.25, 0.3) is 0 Å². The van der Waals surface area contributed by atoms with Crippen molar-refractivity contribution in [2.24, 2.45) is 5.92 Å². The summed E-state index contributed by atoms with van der Waals surface area (Å²) in [6.45, 7) is 4.39. The van der Waals surface area contributed by atoms with Gasteiger partial charge in [-0.25, -0.2) is 9.78 Å². The second-order valence-electron chi connectivity index (χ2n) is 6.82. The molecule has 2 atom stereocenters. The van der Waals surface area contributed by atoms with Crippen LogP contribution in [0.4, 0.5) is 10.6 Å². The SMILES string of the molecule is Cc1ccc(NC(=O)[C@@H]2CCCN(C(=O)NC[C@H]3CCCO3)C2)nc1. The van der Waals surface area contributed by atoms with Crippen molar-refractivity contribution in [3.63, 3.8) is 0 Å². The van der Waals surface area contributed by atoms with Gasteiger partial charge in [0.1, 0.15) is 5.82 Å². The molecule has 0 unspecified atom stereocenters. The molecule has 1 aromatic rings. The number of ether oxygens (including phenoxy) is 1. The Labute approximate surface area is 148 Å². The fourth-order valence-corrected chi connectivity index (χ4v) is 3.26. The largest absolute Gasteiger partial charge is 0.376 e. The number of rotatable bonds is 4. The molecule has 0 saturated carbocycles. The molecule has 0 bridgehead atoms. The third kappa shape index (κ3) is 4.92. The minimum absolute atomic E-state index is 0.0759. The number of hydrogen-bond acceptors (Lipinski definition) is 4. The molecule has 1 aromatic heterocycles. The maximum Gasteiger partial charge on any atom is 0.317 e. The Morgan fingerprint density at radius 1 is 1.32 bits per heavy atom. The lowest BCUT2D eigenvalue weighted by Gasteiger charge is -2.32. The molecule has 0 aromatic carbocycles. The van der Waals surface area contributed by atoms with Crippen molar-refractivity contribution >= 4 is 17.8 Å². The molecule has 25 heavy (non-hydrogen) atoms. The van der Waals surface area contributed by atoms with Gasteiger partial charge in [0.2, 0.25) is 5.91 Å². The highest BCUT2D eigenvalue weighted by Gasteiger charge is 2.29. The van der Waals surface area contributed by atoms with Crippen molar-refractivity contribution in [2.75, 3.05) is 31.6 Å². The van der Waals surface area contributed by atoms with Crippen molar-refractivity contribution in [3.05, 3.63) is 23.9 Å². The standard InChI is InChI=1S/C18H26N4O3/c1-13-6-7-16(19-10-13)21-17(23)14-4-2-8-22(12-14)18(24)20-11-15-5-3-9-25-15/h6-7,10,14-15H,2-5,8-9,11-12H2,1H3,(H,20,24)(H,19,21,23)/t14-,15-/m1/s1. The van der Waals surface area contributed by atoms with E-state index in [1.54, 1.807) is 17.2 Å². The number of nitrogens with zero attached hydrogens (tertiary/aromatic N) is 2. The van der Waals surface area contributed by atoms with Gasteiger partial charge in [-0.1, -0.05) is 6.07 Å². The third-order valence-electron chi connectivity index (χ3n) is 4.75. The number of anilines is 1. The summed E-state index contributed by atoms with van der Waals surface area (Å²) >= 11 is 0. The average Bonchev–Trinajstić information content (AvgIpc) is 3.15. The smallest absolute Gasteiger partial charge is 0.317 e. The van der Waals surface area contributed by atoms with Gasteiger partial charge in [0, 0.05) is 32.4 Å². The Kier molecular flexibility index (Phi) is 5.86. The van der Waals surface area contributed by atoms with Crippen molar-refractivity contribution in [1.29, 1.82) is 0 Å². The predicted octanol–water partition coefficient (Wildman–Crippen LogP) is 1.93. The van der Waals surface area contributed by atoms with Crippen LogP contribution in [0.3, 0.4) is 0 Å². The molecule has 2 aliphatic heterocycles. The van der Waals surface area contributed by atoms with E-state index in [9.17, 15) is 9.59 Å². The first-order valence-electron chi connectivity index (χ1n) is 9.00. The van der Waals surface area contributed by atoms with Crippen LogP contribution in [0.2, 0.25) is 0 Å². The normalized spacial score (nSPS) is 23.3. The molecular formula is C18H26N4O3. The minimum Gasteiger partial charge on any atom is -0.376 e. The second-order valence-corrected chi connectivity index (χ2v) is 6.82. The summed E-state index contributed by atoms with van der Waals surface area (Å²) in [5.74, 6) is 0.272. The molecule has 3 amide bonds.